The molecule has 2 fully saturated rings. The predicted molar refractivity (Wildman–Crippen MR) is 65.2 cm³/mol. The van der Waals surface area contributed by atoms with Gasteiger partial charge in [0.05, 0.1) is 5.92 Å². The van der Waals surface area contributed by atoms with E-state index >= 15 is 0 Å². The SMILES string of the molecule is CC1(C)C(C(=O)O)C1c1nc(C2CCCC2)n[nH]1. The van der Waals surface area contributed by atoms with Crippen LogP contribution in [0.15, 0.2) is 0 Å². The number of carbonyl (C=O) groups is 1. The highest BCUT2D eigenvalue weighted by Gasteiger charge is 2.64. The van der Waals surface area contributed by atoms with E-state index in [4.69, 9.17) is 0 Å². The van der Waals surface area contributed by atoms with Crippen LogP contribution in [-0.4, -0.2) is 26.3 Å². The maximum absolute atomic E-state index is 11.2. The number of carboxylic acid groups (broad SMARTS) is 1. The molecule has 5 heteroatoms. The maximum atomic E-state index is 11.2. The highest BCUT2D eigenvalue weighted by molar-refractivity contribution is 5.77. The van der Waals surface area contributed by atoms with Gasteiger partial charge < -0.3 is 5.11 Å². The van der Waals surface area contributed by atoms with E-state index in [1.807, 2.05) is 13.8 Å². The Labute approximate surface area is 106 Å². The van der Waals surface area contributed by atoms with Crippen LogP contribution in [0.3, 0.4) is 0 Å². The molecule has 1 aromatic rings. The molecule has 0 bridgehead atoms. The van der Waals surface area contributed by atoms with Crippen LogP contribution in [0.2, 0.25) is 0 Å². The Morgan fingerprint density at radius 2 is 2.06 bits per heavy atom. The molecule has 2 aliphatic rings. The minimum atomic E-state index is -0.733. The van der Waals surface area contributed by atoms with E-state index in [-0.39, 0.29) is 17.3 Å². The Kier molecular flexibility index (Phi) is 2.47. The second kappa shape index (κ2) is 3.80. The van der Waals surface area contributed by atoms with Gasteiger partial charge in [-0.05, 0) is 18.3 Å². The first-order valence-electron chi connectivity index (χ1n) is 6.67. The summed E-state index contributed by atoms with van der Waals surface area (Å²) in [6.07, 6.45) is 4.82. The molecule has 2 atom stereocenters. The van der Waals surface area contributed by atoms with Crippen molar-refractivity contribution in [2.75, 3.05) is 0 Å². The maximum Gasteiger partial charge on any atom is 0.307 e. The summed E-state index contributed by atoms with van der Waals surface area (Å²) in [4.78, 5) is 15.7. The molecule has 1 heterocycles. The fourth-order valence-electron chi connectivity index (χ4n) is 3.40. The number of aromatic nitrogens is 3. The van der Waals surface area contributed by atoms with Crippen molar-refractivity contribution in [1.82, 2.24) is 15.2 Å². The number of hydrogen-bond donors (Lipinski definition) is 2. The summed E-state index contributed by atoms with van der Waals surface area (Å²) in [7, 11) is 0. The molecule has 2 saturated carbocycles. The molecule has 2 N–H and O–H groups in total. The number of hydrogen-bond acceptors (Lipinski definition) is 3. The molecule has 2 aliphatic carbocycles. The Bertz CT molecular complexity index is 474. The van der Waals surface area contributed by atoms with Crippen LogP contribution in [-0.2, 0) is 4.79 Å². The lowest BCUT2D eigenvalue weighted by Gasteiger charge is -2.01. The summed E-state index contributed by atoms with van der Waals surface area (Å²) in [5, 5.41) is 16.4. The zero-order valence-corrected chi connectivity index (χ0v) is 10.8. The average Bonchev–Trinajstić information content (AvgIpc) is 2.80. The fourth-order valence-corrected chi connectivity index (χ4v) is 3.40. The van der Waals surface area contributed by atoms with Crippen LogP contribution in [0, 0.1) is 11.3 Å². The second-order valence-corrected chi connectivity index (χ2v) is 6.18. The first-order valence-corrected chi connectivity index (χ1v) is 6.67. The lowest BCUT2D eigenvalue weighted by Crippen LogP contribution is -2.03. The highest BCUT2D eigenvalue weighted by Crippen LogP contribution is 2.63. The van der Waals surface area contributed by atoms with Crippen molar-refractivity contribution < 1.29 is 9.90 Å². The Morgan fingerprint density at radius 1 is 1.39 bits per heavy atom. The van der Waals surface area contributed by atoms with Crippen molar-refractivity contribution in [2.24, 2.45) is 11.3 Å². The van der Waals surface area contributed by atoms with Gasteiger partial charge in [0, 0.05) is 11.8 Å². The number of nitrogens with one attached hydrogen (secondary N) is 1. The summed E-state index contributed by atoms with van der Waals surface area (Å²) < 4.78 is 0. The van der Waals surface area contributed by atoms with Crippen molar-refractivity contribution in [2.45, 2.75) is 51.4 Å². The lowest BCUT2D eigenvalue weighted by molar-refractivity contribution is -0.139. The molecule has 0 spiro atoms. The van der Waals surface area contributed by atoms with E-state index in [1.165, 1.54) is 12.8 Å². The summed E-state index contributed by atoms with van der Waals surface area (Å²) in [5.74, 6) is 1.03. The smallest absolute Gasteiger partial charge is 0.307 e. The van der Waals surface area contributed by atoms with Crippen molar-refractivity contribution in [3.05, 3.63) is 11.6 Å². The second-order valence-electron chi connectivity index (χ2n) is 6.18. The van der Waals surface area contributed by atoms with Crippen LogP contribution in [0.25, 0.3) is 0 Å². The summed E-state index contributed by atoms with van der Waals surface area (Å²) in [5.41, 5.74) is -0.210. The van der Waals surface area contributed by atoms with Gasteiger partial charge >= 0.3 is 5.97 Å². The molecule has 2 unspecified atom stereocenters. The van der Waals surface area contributed by atoms with Crippen molar-refractivity contribution >= 4 is 5.97 Å². The van der Waals surface area contributed by atoms with Gasteiger partial charge in [-0.15, -0.1) is 0 Å². The molecule has 3 rings (SSSR count). The molecular weight excluding hydrogens is 230 g/mol. The largest absolute Gasteiger partial charge is 0.481 e. The minimum Gasteiger partial charge on any atom is -0.481 e. The molecule has 1 aromatic heterocycles. The van der Waals surface area contributed by atoms with Crippen LogP contribution in [0.5, 0.6) is 0 Å². The van der Waals surface area contributed by atoms with E-state index in [0.717, 1.165) is 24.5 Å². The van der Waals surface area contributed by atoms with Gasteiger partial charge in [0.15, 0.2) is 5.82 Å². The van der Waals surface area contributed by atoms with Gasteiger partial charge in [-0.3, -0.25) is 9.89 Å². The monoisotopic (exact) mass is 249 g/mol. The standard InChI is InChI=1S/C13H19N3O2/c1-13(2)8(9(13)12(17)18)11-14-10(15-16-11)7-5-3-4-6-7/h7-9H,3-6H2,1-2H3,(H,17,18)(H,14,15,16). The molecule has 0 amide bonds. The van der Waals surface area contributed by atoms with E-state index in [0.29, 0.717) is 5.92 Å². The molecule has 5 nitrogen and oxygen atoms in total. The Morgan fingerprint density at radius 3 is 2.61 bits per heavy atom. The minimum absolute atomic E-state index is 0.0161. The van der Waals surface area contributed by atoms with E-state index in [2.05, 4.69) is 15.2 Å². The first-order chi connectivity index (χ1) is 8.51. The van der Waals surface area contributed by atoms with Gasteiger partial charge in [0.25, 0.3) is 0 Å². The molecule has 0 saturated heterocycles. The number of H-pyrrole nitrogens is 1. The zero-order chi connectivity index (χ0) is 12.9. The molecule has 0 aliphatic heterocycles. The van der Waals surface area contributed by atoms with Crippen LogP contribution >= 0.6 is 0 Å². The normalized spacial score (nSPS) is 30.6. The van der Waals surface area contributed by atoms with Gasteiger partial charge in [0.1, 0.15) is 5.82 Å². The van der Waals surface area contributed by atoms with Gasteiger partial charge in [0.2, 0.25) is 0 Å². The van der Waals surface area contributed by atoms with Crippen molar-refractivity contribution in [3.8, 4) is 0 Å². The van der Waals surface area contributed by atoms with Crippen LogP contribution < -0.4 is 0 Å². The quantitative estimate of drug-likeness (QED) is 0.861. The third-order valence-corrected chi connectivity index (χ3v) is 4.63. The predicted octanol–water partition coefficient (Wildman–Crippen LogP) is 2.29. The topological polar surface area (TPSA) is 78.9 Å². The summed E-state index contributed by atoms with van der Waals surface area (Å²) in [6.45, 7) is 3.96. The number of aliphatic carboxylic acids is 1. The molecule has 98 valence electrons. The van der Waals surface area contributed by atoms with Gasteiger partial charge in [-0.2, -0.15) is 5.10 Å². The number of carboxylic acids is 1. The molecule has 18 heavy (non-hydrogen) atoms. The fraction of sp³-hybridized carbons (Fsp3) is 0.769. The number of nitrogens with zero attached hydrogens (tertiary/aromatic N) is 2. The zero-order valence-electron chi connectivity index (χ0n) is 10.8. The Balaban J connectivity index is 1.80. The van der Waals surface area contributed by atoms with Gasteiger partial charge in [-0.25, -0.2) is 4.98 Å². The molecule has 0 radical (unpaired) electrons. The number of aromatic amines is 1. The summed E-state index contributed by atoms with van der Waals surface area (Å²) in [6, 6.07) is 0. The lowest BCUT2D eigenvalue weighted by atomic mass is 10.1. The van der Waals surface area contributed by atoms with Crippen LogP contribution in [0.1, 0.15) is 63.0 Å². The van der Waals surface area contributed by atoms with Crippen LogP contribution in [0.4, 0.5) is 0 Å². The summed E-state index contributed by atoms with van der Waals surface area (Å²) >= 11 is 0. The van der Waals surface area contributed by atoms with E-state index in [9.17, 15) is 9.90 Å². The molecule has 0 aromatic carbocycles. The van der Waals surface area contributed by atoms with Crippen molar-refractivity contribution in [1.29, 1.82) is 0 Å². The number of rotatable bonds is 3. The third kappa shape index (κ3) is 1.64. The highest BCUT2D eigenvalue weighted by atomic mass is 16.4. The van der Waals surface area contributed by atoms with E-state index < -0.39 is 5.97 Å². The van der Waals surface area contributed by atoms with Gasteiger partial charge in [-0.1, -0.05) is 26.7 Å². The Hall–Kier alpha value is -1.39. The third-order valence-electron chi connectivity index (χ3n) is 4.63. The molecular formula is C13H19N3O2. The van der Waals surface area contributed by atoms with Crippen molar-refractivity contribution in [3.63, 3.8) is 0 Å². The van der Waals surface area contributed by atoms with E-state index in [1.54, 1.807) is 0 Å². The average molecular weight is 249 g/mol. The first kappa shape index (κ1) is 11.7.